The molecule has 0 saturated heterocycles. The maximum absolute atomic E-state index is 12.4. The average Bonchev–Trinajstić information content (AvgIpc) is 3.12. The summed E-state index contributed by atoms with van der Waals surface area (Å²) in [6.45, 7) is 1.42. The van der Waals surface area contributed by atoms with Crippen LogP contribution in [0.4, 0.5) is 0 Å². The lowest BCUT2D eigenvalue weighted by Gasteiger charge is -2.21. The van der Waals surface area contributed by atoms with E-state index in [1.54, 1.807) is 24.3 Å². The molecule has 146 valence electrons. The van der Waals surface area contributed by atoms with Crippen LogP contribution in [0.25, 0.3) is 5.70 Å². The van der Waals surface area contributed by atoms with Gasteiger partial charge in [-0.1, -0.05) is 23.2 Å². The largest absolute Gasteiger partial charge is 0.492 e. The highest BCUT2D eigenvalue weighted by Crippen LogP contribution is 2.38. The van der Waals surface area contributed by atoms with Gasteiger partial charge < -0.3 is 19.5 Å². The number of carbonyl (C=O) groups excluding carboxylic acids is 1. The fourth-order valence-corrected chi connectivity index (χ4v) is 3.71. The first-order chi connectivity index (χ1) is 13.6. The second-order valence-corrected chi connectivity index (χ2v) is 7.43. The Bertz CT molecular complexity index is 942. The molecule has 0 fully saturated rings. The van der Waals surface area contributed by atoms with E-state index < -0.39 is 0 Å². The number of carbonyl (C=O) groups is 1. The maximum atomic E-state index is 12.4. The first-order valence-corrected chi connectivity index (χ1v) is 9.85. The zero-order chi connectivity index (χ0) is 19.5. The van der Waals surface area contributed by atoms with Gasteiger partial charge >= 0.3 is 0 Å². The Labute approximate surface area is 173 Å². The van der Waals surface area contributed by atoms with E-state index in [1.165, 1.54) is 0 Å². The molecule has 0 saturated carbocycles. The minimum atomic E-state index is 0.0406. The van der Waals surface area contributed by atoms with Gasteiger partial charge in [0.25, 0.3) is 0 Å². The minimum Gasteiger partial charge on any atom is -0.492 e. The molecule has 28 heavy (non-hydrogen) atoms. The number of allylic oxidation sites excluding steroid dienone is 1. The van der Waals surface area contributed by atoms with Crippen molar-refractivity contribution in [3.8, 4) is 17.2 Å². The summed E-state index contributed by atoms with van der Waals surface area (Å²) in [4.78, 5) is 12.4. The summed E-state index contributed by atoms with van der Waals surface area (Å²) in [6.07, 6.45) is 3.52. The van der Waals surface area contributed by atoms with E-state index in [0.29, 0.717) is 41.0 Å². The van der Waals surface area contributed by atoms with E-state index in [4.69, 9.17) is 37.4 Å². The highest BCUT2D eigenvalue weighted by molar-refractivity contribution is 6.35. The van der Waals surface area contributed by atoms with E-state index in [9.17, 15) is 4.79 Å². The molecule has 0 aromatic heterocycles. The number of nitrogens with one attached hydrogen (secondary N) is 1. The normalized spacial score (nSPS) is 15.9. The number of fused-ring (bicyclic) bond motifs is 2. The molecule has 2 aromatic carbocycles. The van der Waals surface area contributed by atoms with Gasteiger partial charge in [-0.25, -0.2) is 0 Å². The van der Waals surface area contributed by atoms with Gasteiger partial charge in [0, 0.05) is 35.3 Å². The Morgan fingerprint density at radius 2 is 2.00 bits per heavy atom. The quantitative estimate of drug-likeness (QED) is 0.545. The van der Waals surface area contributed by atoms with Crippen LogP contribution in [0.1, 0.15) is 24.0 Å². The zero-order valence-electron chi connectivity index (χ0n) is 15.1. The molecule has 0 unspecified atom stereocenters. The number of rotatable bonds is 6. The number of hydrogen-bond donors (Lipinski definition) is 1. The third-order valence-electron chi connectivity index (χ3n) is 4.62. The molecule has 2 aliphatic rings. The molecular formula is C21H19Cl2NO4. The predicted octanol–water partition coefficient (Wildman–Crippen LogP) is 4.64. The van der Waals surface area contributed by atoms with Gasteiger partial charge in [-0.3, -0.25) is 4.79 Å². The highest BCUT2D eigenvalue weighted by atomic mass is 35.5. The second kappa shape index (κ2) is 8.33. The van der Waals surface area contributed by atoms with Crippen LogP contribution in [-0.2, 0) is 11.2 Å². The molecule has 0 radical (unpaired) electrons. The smallest absolute Gasteiger partial charge is 0.231 e. The molecule has 2 aromatic rings. The molecule has 0 bridgehead atoms. The summed E-state index contributed by atoms with van der Waals surface area (Å²) in [6, 6.07) is 9.01. The van der Waals surface area contributed by atoms with Crippen molar-refractivity contribution in [2.75, 3.05) is 19.9 Å². The summed E-state index contributed by atoms with van der Waals surface area (Å²) in [5.74, 6) is 2.09. The van der Waals surface area contributed by atoms with Crippen LogP contribution in [0.5, 0.6) is 17.2 Å². The molecule has 7 heteroatoms. The average molecular weight is 420 g/mol. The summed E-state index contributed by atoms with van der Waals surface area (Å²) in [5.41, 5.74) is 2.97. The molecule has 0 aliphatic carbocycles. The summed E-state index contributed by atoms with van der Waals surface area (Å²) >= 11 is 11.9. The van der Waals surface area contributed by atoms with Crippen molar-refractivity contribution in [2.24, 2.45) is 0 Å². The Hall–Kier alpha value is -2.37. The summed E-state index contributed by atoms with van der Waals surface area (Å²) in [7, 11) is 0. The van der Waals surface area contributed by atoms with Crippen LogP contribution < -0.4 is 19.5 Å². The van der Waals surface area contributed by atoms with Gasteiger partial charge in [-0.2, -0.15) is 0 Å². The van der Waals surface area contributed by atoms with Crippen molar-refractivity contribution in [2.45, 2.75) is 19.3 Å². The monoisotopic (exact) mass is 419 g/mol. The van der Waals surface area contributed by atoms with Crippen LogP contribution in [0.3, 0.4) is 0 Å². The molecular weight excluding hydrogens is 401 g/mol. The highest BCUT2D eigenvalue weighted by Gasteiger charge is 2.21. The van der Waals surface area contributed by atoms with Gasteiger partial charge in [-0.05, 0) is 48.7 Å². The lowest BCUT2D eigenvalue weighted by molar-refractivity contribution is -0.114. The van der Waals surface area contributed by atoms with Crippen LogP contribution in [0, 0.1) is 0 Å². The summed E-state index contributed by atoms with van der Waals surface area (Å²) < 4.78 is 16.5. The molecule has 4 rings (SSSR count). The predicted molar refractivity (Wildman–Crippen MR) is 108 cm³/mol. The van der Waals surface area contributed by atoms with Crippen LogP contribution in [0.15, 0.2) is 36.4 Å². The van der Waals surface area contributed by atoms with Gasteiger partial charge in [-0.15, -0.1) is 0 Å². The zero-order valence-corrected chi connectivity index (χ0v) is 16.6. The van der Waals surface area contributed by atoms with Crippen molar-refractivity contribution >= 4 is 34.7 Å². The fraction of sp³-hybridized carbons (Fsp3) is 0.286. The molecule has 2 aliphatic heterocycles. The first-order valence-electron chi connectivity index (χ1n) is 9.09. The van der Waals surface area contributed by atoms with E-state index >= 15 is 0 Å². The Kier molecular flexibility index (Phi) is 5.64. The van der Waals surface area contributed by atoms with Gasteiger partial charge in [0.05, 0.1) is 11.6 Å². The lowest BCUT2D eigenvalue weighted by Crippen LogP contribution is -2.23. The van der Waals surface area contributed by atoms with Crippen LogP contribution in [-0.4, -0.2) is 25.7 Å². The van der Waals surface area contributed by atoms with Crippen molar-refractivity contribution in [3.05, 3.63) is 57.6 Å². The molecule has 0 atom stereocenters. The number of ether oxygens (including phenoxy) is 3. The van der Waals surface area contributed by atoms with E-state index in [2.05, 4.69) is 5.32 Å². The third kappa shape index (κ3) is 4.21. The van der Waals surface area contributed by atoms with Crippen LogP contribution >= 0.6 is 23.2 Å². The number of ketones is 1. The van der Waals surface area contributed by atoms with E-state index in [1.807, 2.05) is 12.1 Å². The SMILES string of the molecule is O=C(/C=C1\NCCc2cc3c(cc21)OCO3)CCCOc1ccc(Cl)cc1Cl. The second-order valence-electron chi connectivity index (χ2n) is 6.59. The standard InChI is InChI=1S/C21H19Cl2NO4/c22-14-3-4-19(17(23)9-14)26-7-1-2-15(25)10-18-16-11-21-20(27-12-28-21)8-13(16)5-6-24-18/h3-4,8-11,24H,1-2,5-7,12H2/b18-10-. The van der Waals surface area contributed by atoms with Gasteiger partial charge in [0.2, 0.25) is 6.79 Å². The van der Waals surface area contributed by atoms with E-state index in [0.717, 1.165) is 35.5 Å². The van der Waals surface area contributed by atoms with E-state index in [-0.39, 0.29) is 12.6 Å². The maximum Gasteiger partial charge on any atom is 0.231 e. The van der Waals surface area contributed by atoms with Crippen molar-refractivity contribution < 1.29 is 19.0 Å². The fourth-order valence-electron chi connectivity index (χ4n) is 3.25. The first kappa shape index (κ1) is 19.0. The van der Waals surface area contributed by atoms with Gasteiger partial charge in [0.15, 0.2) is 17.3 Å². The minimum absolute atomic E-state index is 0.0406. The Morgan fingerprint density at radius 3 is 2.82 bits per heavy atom. The van der Waals surface area contributed by atoms with Crippen molar-refractivity contribution in [3.63, 3.8) is 0 Å². The summed E-state index contributed by atoms with van der Waals surface area (Å²) in [5, 5.41) is 4.33. The molecule has 1 N–H and O–H groups in total. The van der Waals surface area contributed by atoms with Crippen molar-refractivity contribution in [1.82, 2.24) is 5.32 Å². The van der Waals surface area contributed by atoms with Crippen LogP contribution in [0.2, 0.25) is 10.0 Å². The molecule has 0 spiro atoms. The third-order valence-corrected chi connectivity index (χ3v) is 5.15. The topological polar surface area (TPSA) is 56.8 Å². The molecule has 0 amide bonds. The Balaban J connectivity index is 1.35. The molecule has 2 heterocycles. The lowest BCUT2D eigenvalue weighted by atomic mass is 9.96. The Morgan fingerprint density at radius 1 is 1.18 bits per heavy atom. The van der Waals surface area contributed by atoms with Crippen molar-refractivity contribution in [1.29, 1.82) is 0 Å². The number of halogens is 2. The number of benzene rings is 2. The van der Waals surface area contributed by atoms with Gasteiger partial charge in [0.1, 0.15) is 5.75 Å². The number of hydrogen-bond acceptors (Lipinski definition) is 5. The molecule has 5 nitrogen and oxygen atoms in total.